The lowest BCUT2D eigenvalue weighted by atomic mass is 10.0. The molecule has 0 saturated carbocycles. The Labute approximate surface area is 178 Å². The van der Waals surface area contributed by atoms with Crippen LogP contribution in [0.4, 0.5) is 0 Å². The summed E-state index contributed by atoms with van der Waals surface area (Å²) < 4.78 is 6.27. The molecule has 27 heavy (non-hydrogen) atoms. The normalized spacial score (nSPS) is 11.9. The number of rotatable bonds is 19. The molecule has 0 N–H and O–H groups in total. The lowest BCUT2D eigenvalue weighted by Gasteiger charge is -2.26. The minimum Gasteiger partial charge on any atom is -0.464 e. The number of ether oxygens (including phenoxy) is 1. The predicted octanol–water partition coefficient (Wildman–Crippen LogP) is 8.18. The molecule has 0 saturated heterocycles. The summed E-state index contributed by atoms with van der Waals surface area (Å²) in [4.78, 5) is 11.7. The van der Waals surface area contributed by atoms with Crippen LogP contribution in [0.5, 0.6) is 0 Å². The molecule has 0 rings (SSSR count). The van der Waals surface area contributed by atoms with E-state index in [1.165, 1.54) is 83.5 Å². The first-order valence-corrected chi connectivity index (χ1v) is 11.8. The average Bonchev–Trinajstić information content (AvgIpc) is 2.63. The number of nitrogens with zero attached hydrogens (tertiary/aromatic N) is 1. The maximum Gasteiger partial charge on any atom is 0.305 e. The second kappa shape index (κ2) is 18.1. The van der Waals surface area contributed by atoms with E-state index in [0.717, 1.165) is 16.8 Å². The molecule has 0 aliphatic heterocycles. The van der Waals surface area contributed by atoms with Crippen LogP contribution in [0, 0.1) is 0 Å². The van der Waals surface area contributed by atoms with Gasteiger partial charge >= 0.3 is 5.97 Å². The van der Waals surface area contributed by atoms with Gasteiger partial charge in [0.05, 0.1) is 5.54 Å². The Morgan fingerprint density at radius 1 is 0.741 bits per heavy atom. The number of hydrogen-bond acceptors (Lipinski definition) is 3. The number of hydrogen-bond donors (Lipinski definition) is 0. The molecule has 0 fully saturated rings. The summed E-state index contributed by atoms with van der Waals surface area (Å²) >= 11 is 11.4. The van der Waals surface area contributed by atoms with Crippen molar-refractivity contribution in [2.24, 2.45) is 0 Å². The minimum absolute atomic E-state index is 0.159. The molecule has 0 heterocycles. The Balaban J connectivity index is 3.28. The molecule has 3 nitrogen and oxygen atoms in total. The van der Waals surface area contributed by atoms with Gasteiger partial charge in [-0.25, -0.2) is 0 Å². The largest absolute Gasteiger partial charge is 0.464 e. The summed E-state index contributed by atoms with van der Waals surface area (Å²) in [6, 6.07) is 0. The summed E-state index contributed by atoms with van der Waals surface area (Å²) in [6.07, 6.45) is 20.3. The number of unbranched alkanes of at least 4 members (excludes halogenated alkanes) is 14. The van der Waals surface area contributed by atoms with Gasteiger partial charge in [-0.2, -0.15) is 0 Å². The Kier molecular flexibility index (Phi) is 18.1. The second-order valence-corrected chi connectivity index (χ2v) is 9.25. The molecule has 0 spiro atoms. The van der Waals surface area contributed by atoms with E-state index < -0.39 is 5.54 Å². The maximum absolute atomic E-state index is 11.7. The summed E-state index contributed by atoms with van der Waals surface area (Å²) in [6.45, 7) is 6.13. The molecule has 5 heteroatoms. The third-order valence-electron chi connectivity index (χ3n) is 5.03. The second-order valence-electron chi connectivity index (χ2n) is 8.41. The van der Waals surface area contributed by atoms with E-state index >= 15 is 0 Å². The van der Waals surface area contributed by atoms with Crippen molar-refractivity contribution in [3.8, 4) is 0 Å². The van der Waals surface area contributed by atoms with E-state index in [-0.39, 0.29) is 12.6 Å². The van der Waals surface area contributed by atoms with E-state index in [4.69, 9.17) is 28.3 Å². The van der Waals surface area contributed by atoms with Crippen molar-refractivity contribution < 1.29 is 9.53 Å². The molecule has 0 aromatic heterocycles. The fourth-order valence-corrected chi connectivity index (χ4v) is 3.12. The molecule has 0 aromatic carbocycles. The van der Waals surface area contributed by atoms with E-state index in [1.807, 2.05) is 13.8 Å². The van der Waals surface area contributed by atoms with Gasteiger partial charge in [0.1, 0.15) is 6.61 Å². The smallest absolute Gasteiger partial charge is 0.305 e. The van der Waals surface area contributed by atoms with Gasteiger partial charge in [0.15, 0.2) is 0 Å². The van der Waals surface area contributed by atoms with Crippen LogP contribution in [0.2, 0.25) is 0 Å². The third-order valence-corrected chi connectivity index (χ3v) is 5.94. The van der Waals surface area contributed by atoms with Crippen molar-refractivity contribution in [1.29, 1.82) is 0 Å². The Morgan fingerprint density at radius 3 is 1.48 bits per heavy atom. The Bertz CT molecular complexity index is 349. The number of carbonyl (C=O) groups excluding carboxylic acids is 1. The van der Waals surface area contributed by atoms with Gasteiger partial charge in [0.25, 0.3) is 0 Å². The van der Waals surface area contributed by atoms with Crippen LogP contribution >= 0.6 is 23.6 Å². The standard InChI is InChI=1S/C22H43Cl2NO2/c1-4-5-6-7-8-9-10-11-12-13-14-15-16-17-18-19-21(26)27-20-22(2,3)25(23)24/h4-20H2,1-3H3. The average molecular weight is 424 g/mol. The van der Waals surface area contributed by atoms with Gasteiger partial charge in [-0.1, -0.05) is 96.8 Å². The topological polar surface area (TPSA) is 29.5 Å². The van der Waals surface area contributed by atoms with E-state index in [1.54, 1.807) is 0 Å². The summed E-state index contributed by atoms with van der Waals surface area (Å²) in [5, 5.41) is 0. The molecular weight excluding hydrogens is 381 g/mol. The lowest BCUT2D eigenvalue weighted by Crippen LogP contribution is -2.37. The fraction of sp³-hybridized carbons (Fsp3) is 0.955. The molecular formula is C22H43Cl2NO2. The molecule has 0 aliphatic rings. The van der Waals surface area contributed by atoms with E-state index in [9.17, 15) is 4.79 Å². The van der Waals surface area contributed by atoms with Gasteiger partial charge in [-0.3, -0.25) is 4.79 Å². The first-order chi connectivity index (χ1) is 12.9. The quantitative estimate of drug-likeness (QED) is 0.119. The highest BCUT2D eigenvalue weighted by atomic mass is 35.5. The zero-order valence-corrected chi connectivity index (χ0v) is 19.6. The summed E-state index contributed by atoms with van der Waals surface area (Å²) in [5.74, 6) is -0.159. The Hall–Kier alpha value is 0.01000. The van der Waals surface area contributed by atoms with Crippen molar-refractivity contribution in [2.45, 2.75) is 129 Å². The maximum atomic E-state index is 11.7. The van der Waals surface area contributed by atoms with Gasteiger partial charge in [0, 0.05) is 6.42 Å². The van der Waals surface area contributed by atoms with Crippen molar-refractivity contribution in [3.05, 3.63) is 0 Å². The van der Waals surface area contributed by atoms with Crippen molar-refractivity contribution in [2.75, 3.05) is 6.61 Å². The van der Waals surface area contributed by atoms with Crippen molar-refractivity contribution in [3.63, 3.8) is 0 Å². The number of halogens is 2. The van der Waals surface area contributed by atoms with Crippen molar-refractivity contribution in [1.82, 2.24) is 3.94 Å². The van der Waals surface area contributed by atoms with E-state index in [2.05, 4.69) is 6.92 Å². The molecule has 0 unspecified atom stereocenters. The summed E-state index contributed by atoms with van der Waals surface area (Å²) in [7, 11) is 0. The monoisotopic (exact) mass is 423 g/mol. The van der Waals surface area contributed by atoms with Gasteiger partial charge in [-0.05, 0) is 43.8 Å². The molecule has 0 bridgehead atoms. The number of esters is 1. The first kappa shape index (κ1) is 27.0. The molecule has 0 aromatic rings. The zero-order valence-electron chi connectivity index (χ0n) is 18.0. The number of carbonyl (C=O) groups is 1. The molecule has 162 valence electrons. The van der Waals surface area contributed by atoms with E-state index in [0.29, 0.717) is 6.42 Å². The van der Waals surface area contributed by atoms with Crippen LogP contribution in [0.3, 0.4) is 0 Å². The highest BCUT2D eigenvalue weighted by Crippen LogP contribution is 2.20. The van der Waals surface area contributed by atoms with Crippen LogP contribution < -0.4 is 0 Å². The highest BCUT2D eigenvalue weighted by Gasteiger charge is 2.26. The van der Waals surface area contributed by atoms with Crippen LogP contribution in [0.25, 0.3) is 0 Å². The van der Waals surface area contributed by atoms with Crippen LogP contribution in [0.15, 0.2) is 0 Å². The fourth-order valence-electron chi connectivity index (χ4n) is 3.02. The highest BCUT2D eigenvalue weighted by molar-refractivity contribution is 6.34. The molecule has 0 radical (unpaired) electrons. The van der Waals surface area contributed by atoms with Gasteiger partial charge in [0.2, 0.25) is 0 Å². The van der Waals surface area contributed by atoms with Crippen LogP contribution in [0.1, 0.15) is 124 Å². The van der Waals surface area contributed by atoms with Gasteiger partial charge < -0.3 is 4.74 Å². The van der Waals surface area contributed by atoms with Crippen molar-refractivity contribution >= 4 is 29.5 Å². The minimum atomic E-state index is -0.562. The van der Waals surface area contributed by atoms with Crippen LogP contribution in [-0.2, 0) is 9.53 Å². The summed E-state index contributed by atoms with van der Waals surface area (Å²) in [5.41, 5.74) is -0.562. The molecule has 0 atom stereocenters. The predicted molar refractivity (Wildman–Crippen MR) is 118 cm³/mol. The lowest BCUT2D eigenvalue weighted by molar-refractivity contribution is -0.146. The Morgan fingerprint density at radius 2 is 1.11 bits per heavy atom. The molecule has 0 amide bonds. The third kappa shape index (κ3) is 17.8. The van der Waals surface area contributed by atoms with Gasteiger partial charge in [-0.15, -0.1) is 3.94 Å². The first-order valence-electron chi connectivity index (χ1n) is 11.2. The molecule has 0 aliphatic carbocycles. The zero-order chi connectivity index (χ0) is 20.4. The van der Waals surface area contributed by atoms with Crippen LogP contribution in [-0.4, -0.2) is 22.1 Å². The SMILES string of the molecule is CCCCCCCCCCCCCCCCCC(=O)OCC(C)(C)N(Cl)Cl.